The van der Waals surface area contributed by atoms with Gasteiger partial charge in [-0.2, -0.15) is 0 Å². The third-order valence-corrected chi connectivity index (χ3v) is 6.61. The highest BCUT2D eigenvalue weighted by atomic mass is 35.5. The number of nitrogens with zero attached hydrogens (tertiary/aromatic N) is 1. The molecule has 0 aliphatic heterocycles. The lowest BCUT2D eigenvalue weighted by molar-refractivity contribution is 0.0935. The summed E-state index contributed by atoms with van der Waals surface area (Å²) in [5, 5.41) is 2.94. The first-order valence-corrected chi connectivity index (χ1v) is 10.7. The fraction of sp³-hybridized carbons (Fsp3) is 0.190. The Labute approximate surface area is 175 Å². The number of carbonyl (C=O) groups is 1. The molecule has 29 heavy (non-hydrogen) atoms. The molecule has 3 aromatic rings. The van der Waals surface area contributed by atoms with Gasteiger partial charge in [-0.05, 0) is 56.3 Å². The van der Waals surface area contributed by atoms with Crippen LogP contribution in [0.25, 0.3) is 0 Å². The van der Waals surface area contributed by atoms with Gasteiger partial charge < -0.3 is 9.73 Å². The van der Waals surface area contributed by atoms with E-state index in [0.29, 0.717) is 11.4 Å². The molecule has 1 amide bonds. The summed E-state index contributed by atoms with van der Waals surface area (Å²) in [5.41, 5.74) is 0.583. The molecule has 1 heterocycles. The van der Waals surface area contributed by atoms with E-state index in [2.05, 4.69) is 5.32 Å². The number of benzene rings is 2. The highest BCUT2D eigenvalue weighted by Crippen LogP contribution is 2.26. The van der Waals surface area contributed by atoms with E-state index >= 15 is 0 Å². The van der Waals surface area contributed by atoms with E-state index in [4.69, 9.17) is 16.0 Å². The molecule has 6 nitrogen and oxygen atoms in total. The number of halogens is 1. The second-order valence-electron chi connectivity index (χ2n) is 6.59. The van der Waals surface area contributed by atoms with Gasteiger partial charge in [-0.15, -0.1) is 0 Å². The molecule has 8 heteroatoms. The minimum Gasteiger partial charge on any atom is -0.464 e. The zero-order chi connectivity index (χ0) is 21.2. The van der Waals surface area contributed by atoms with Gasteiger partial charge in [0.2, 0.25) is 0 Å². The lowest BCUT2D eigenvalue weighted by Crippen LogP contribution is -2.28. The Morgan fingerprint density at radius 3 is 2.41 bits per heavy atom. The molecule has 1 N–H and O–H groups in total. The maximum absolute atomic E-state index is 13.0. The number of anilines is 1. The van der Waals surface area contributed by atoms with Gasteiger partial charge >= 0.3 is 0 Å². The van der Waals surface area contributed by atoms with Gasteiger partial charge in [0, 0.05) is 7.05 Å². The Hall–Kier alpha value is -2.77. The molecule has 0 fully saturated rings. The smallest absolute Gasteiger partial charge is 0.264 e. The Morgan fingerprint density at radius 2 is 1.79 bits per heavy atom. The van der Waals surface area contributed by atoms with Crippen LogP contribution in [0.2, 0.25) is 5.02 Å². The van der Waals surface area contributed by atoms with Crippen molar-refractivity contribution in [2.45, 2.75) is 24.8 Å². The number of hydrogen-bond acceptors (Lipinski definition) is 4. The molecule has 0 radical (unpaired) electrons. The average molecular weight is 433 g/mol. The van der Waals surface area contributed by atoms with Crippen molar-refractivity contribution in [3.63, 3.8) is 0 Å². The van der Waals surface area contributed by atoms with E-state index in [0.717, 1.165) is 10.1 Å². The molecular formula is C21H21ClN2O4S. The molecular weight excluding hydrogens is 412 g/mol. The zero-order valence-electron chi connectivity index (χ0n) is 16.2. The van der Waals surface area contributed by atoms with Crippen molar-refractivity contribution in [3.05, 3.63) is 82.8 Å². The Balaban J connectivity index is 1.88. The summed E-state index contributed by atoms with van der Waals surface area (Å²) in [6.07, 6.45) is 0. The van der Waals surface area contributed by atoms with Crippen molar-refractivity contribution in [3.8, 4) is 0 Å². The molecule has 3 rings (SSSR count). The number of furan rings is 1. The van der Waals surface area contributed by atoms with Gasteiger partial charge in [-0.1, -0.05) is 29.8 Å². The largest absolute Gasteiger partial charge is 0.464 e. The Kier molecular flexibility index (Phi) is 6.00. The highest BCUT2D eigenvalue weighted by molar-refractivity contribution is 7.92. The number of sulfonamides is 1. The van der Waals surface area contributed by atoms with Crippen LogP contribution in [0, 0.1) is 6.92 Å². The molecule has 0 saturated carbocycles. The molecule has 0 spiro atoms. The first-order chi connectivity index (χ1) is 13.7. The van der Waals surface area contributed by atoms with Gasteiger partial charge in [-0.25, -0.2) is 8.42 Å². The van der Waals surface area contributed by atoms with Crippen LogP contribution in [0.3, 0.4) is 0 Å². The van der Waals surface area contributed by atoms with Crippen LogP contribution >= 0.6 is 11.6 Å². The van der Waals surface area contributed by atoms with Crippen LogP contribution in [0.4, 0.5) is 5.69 Å². The van der Waals surface area contributed by atoms with E-state index in [-0.39, 0.29) is 15.5 Å². The summed E-state index contributed by atoms with van der Waals surface area (Å²) >= 11 is 6.18. The van der Waals surface area contributed by atoms with E-state index < -0.39 is 22.0 Å². The molecule has 0 aliphatic carbocycles. The molecule has 0 saturated heterocycles. The minimum atomic E-state index is -3.87. The van der Waals surface area contributed by atoms with Crippen molar-refractivity contribution < 1.29 is 17.6 Å². The van der Waals surface area contributed by atoms with Gasteiger partial charge in [0.05, 0.1) is 27.2 Å². The van der Waals surface area contributed by atoms with E-state index in [1.165, 1.54) is 25.2 Å². The maximum Gasteiger partial charge on any atom is 0.264 e. The molecule has 152 valence electrons. The van der Waals surface area contributed by atoms with E-state index in [1.807, 2.05) is 6.92 Å². The average Bonchev–Trinajstić information content (AvgIpc) is 3.14. The summed E-state index contributed by atoms with van der Waals surface area (Å²) in [5.74, 6) is 0.840. The fourth-order valence-electron chi connectivity index (χ4n) is 2.81. The number of carbonyl (C=O) groups excluding carboxylic acids is 1. The summed E-state index contributed by atoms with van der Waals surface area (Å²) in [7, 11) is -2.41. The lowest BCUT2D eigenvalue weighted by Gasteiger charge is -2.20. The molecule has 1 unspecified atom stereocenters. The van der Waals surface area contributed by atoms with Crippen LogP contribution in [-0.2, 0) is 10.0 Å². The monoisotopic (exact) mass is 432 g/mol. The van der Waals surface area contributed by atoms with Crippen molar-refractivity contribution >= 4 is 33.2 Å². The standard InChI is InChI=1S/C21H21ClN2O4S/c1-14-9-12-20(28-14)15(2)23-21(25)18-13-17(10-11-19(18)22)29(26,27)24(3)16-7-5-4-6-8-16/h4-13,15H,1-3H3,(H,23,25). The summed E-state index contributed by atoms with van der Waals surface area (Å²) in [6, 6.07) is 15.9. The predicted molar refractivity (Wildman–Crippen MR) is 113 cm³/mol. The van der Waals surface area contributed by atoms with Crippen molar-refractivity contribution in [1.29, 1.82) is 0 Å². The number of hydrogen-bond donors (Lipinski definition) is 1. The van der Waals surface area contributed by atoms with Crippen LogP contribution in [-0.4, -0.2) is 21.4 Å². The van der Waals surface area contributed by atoms with Gasteiger partial charge in [-0.3, -0.25) is 9.10 Å². The Bertz CT molecular complexity index is 1130. The molecule has 0 aliphatic rings. The summed E-state index contributed by atoms with van der Waals surface area (Å²) < 4.78 is 32.7. The first kappa shape index (κ1) is 21.0. The van der Waals surface area contributed by atoms with Crippen molar-refractivity contribution in [2.75, 3.05) is 11.4 Å². The number of nitrogens with one attached hydrogen (secondary N) is 1. The summed E-state index contributed by atoms with van der Waals surface area (Å²) in [6.45, 7) is 3.58. The minimum absolute atomic E-state index is 0.0279. The number of para-hydroxylation sites is 1. The fourth-order valence-corrected chi connectivity index (χ4v) is 4.23. The van der Waals surface area contributed by atoms with E-state index in [1.54, 1.807) is 49.4 Å². The number of amides is 1. The third-order valence-electron chi connectivity index (χ3n) is 4.50. The SMILES string of the molecule is Cc1ccc(C(C)NC(=O)c2cc(S(=O)(=O)N(C)c3ccccc3)ccc2Cl)o1. The van der Waals surface area contributed by atoms with Crippen LogP contribution in [0.5, 0.6) is 0 Å². The van der Waals surface area contributed by atoms with Crippen LogP contribution in [0.15, 0.2) is 70.0 Å². The van der Waals surface area contributed by atoms with E-state index in [9.17, 15) is 13.2 Å². The van der Waals surface area contributed by atoms with Crippen LogP contribution < -0.4 is 9.62 Å². The highest BCUT2D eigenvalue weighted by Gasteiger charge is 2.24. The normalized spacial score (nSPS) is 12.4. The predicted octanol–water partition coefficient (Wildman–Crippen LogP) is 4.56. The second kappa shape index (κ2) is 8.31. The second-order valence-corrected chi connectivity index (χ2v) is 8.97. The van der Waals surface area contributed by atoms with Crippen LogP contribution in [0.1, 0.15) is 34.8 Å². The maximum atomic E-state index is 13.0. The van der Waals surface area contributed by atoms with Gasteiger partial charge in [0.1, 0.15) is 11.5 Å². The lowest BCUT2D eigenvalue weighted by atomic mass is 10.2. The number of rotatable bonds is 6. The summed E-state index contributed by atoms with van der Waals surface area (Å²) in [4.78, 5) is 12.7. The van der Waals surface area contributed by atoms with Crippen molar-refractivity contribution in [1.82, 2.24) is 5.32 Å². The van der Waals surface area contributed by atoms with Gasteiger partial charge in [0.15, 0.2) is 0 Å². The Morgan fingerprint density at radius 1 is 1.10 bits per heavy atom. The van der Waals surface area contributed by atoms with Crippen molar-refractivity contribution in [2.24, 2.45) is 0 Å². The first-order valence-electron chi connectivity index (χ1n) is 8.91. The zero-order valence-corrected chi connectivity index (χ0v) is 17.8. The molecule has 1 atom stereocenters. The van der Waals surface area contributed by atoms with Gasteiger partial charge in [0.25, 0.3) is 15.9 Å². The molecule has 1 aromatic heterocycles. The topological polar surface area (TPSA) is 79.6 Å². The molecule has 2 aromatic carbocycles. The third kappa shape index (κ3) is 4.46. The molecule has 0 bridgehead atoms. The quantitative estimate of drug-likeness (QED) is 0.619. The number of aryl methyl sites for hydroxylation is 1.